The summed E-state index contributed by atoms with van der Waals surface area (Å²) in [5.41, 5.74) is 7.23. The Kier molecular flexibility index (Phi) is 3.48. The lowest BCUT2D eigenvalue weighted by Crippen LogP contribution is -2.25. The summed E-state index contributed by atoms with van der Waals surface area (Å²) in [6.45, 7) is 0. The molecule has 0 spiro atoms. The van der Waals surface area contributed by atoms with Crippen LogP contribution in [0, 0.1) is 17.5 Å². The van der Waals surface area contributed by atoms with E-state index in [0.717, 1.165) is 16.5 Å². The van der Waals surface area contributed by atoms with E-state index in [-0.39, 0.29) is 10.8 Å². The molecule has 2 N–H and O–H groups in total. The third-order valence-corrected chi connectivity index (χ3v) is 4.91. The summed E-state index contributed by atoms with van der Waals surface area (Å²) in [6.07, 6.45) is 0.695. The maximum Gasteiger partial charge on any atom is 0.194 e. The first-order valence-electron chi connectivity index (χ1n) is 6.21. The van der Waals surface area contributed by atoms with Crippen LogP contribution in [0.3, 0.4) is 0 Å². The first-order chi connectivity index (χ1) is 9.58. The van der Waals surface area contributed by atoms with E-state index >= 15 is 0 Å². The second kappa shape index (κ2) is 5.14. The zero-order valence-electron chi connectivity index (χ0n) is 10.4. The van der Waals surface area contributed by atoms with Crippen LogP contribution in [0.1, 0.15) is 17.2 Å². The van der Waals surface area contributed by atoms with Crippen molar-refractivity contribution in [1.29, 1.82) is 0 Å². The SMILES string of the molecule is NC(c1ccc(F)c(F)c1F)C1Cc2ccccc2S1. The van der Waals surface area contributed by atoms with Crippen molar-refractivity contribution < 1.29 is 13.2 Å². The molecule has 2 aromatic rings. The van der Waals surface area contributed by atoms with Gasteiger partial charge in [0.1, 0.15) is 0 Å². The van der Waals surface area contributed by atoms with Crippen molar-refractivity contribution >= 4 is 11.8 Å². The summed E-state index contributed by atoms with van der Waals surface area (Å²) in [7, 11) is 0. The molecule has 1 aliphatic heterocycles. The van der Waals surface area contributed by atoms with Crippen LogP contribution in [0.2, 0.25) is 0 Å². The first-order valence-corrected chi connectivity index (χ1v) is 7.09. The standard InChI is InChI=1S/C15H12F3NS/c16-10-6-5-9(13(17)14(10)18)15(19)12-7-8-3-1-2-4-11(8)20-12/h1-6,12,15H,7,19H2. The van der Waals surface area contributed by atoms with Crippen molar-refractivity contribution in [2.75, 3.05) is 0 Å². The predicted molar refractivity (Wildman–Crippen MR) is 73.0 cm³/mol. The Bertz CT molecular complexity index is 635. The topological polar surface area (TPSA) is 26.0 Å². The number of nitrogens with two attached hydrogens (primary N) is 1. The van der Waals surface area contributed by atoms with E-state index in [9.17, 15) is 13.2 Å². The third-order valence-electron chi connectivity index (χ3n) is 3.50. The Hall–Kier alpha value is -1.46. The molecule has 0 aliphatic carbocycles. The number of halogens is 3. The summed E-state index contributed by atoms with van der Waals surface area (Å²) < 4.78 is 40.0. The van der Waals surface area contributed by atoms with Crippen LogP contribution in [-0.4, -0.2) is 5.25 Å². The third kappa shape index (κ3) is 2.21. The fourth-order valence-electron chi connectivity index (χ4n) is 2.41. The number of thioether (sulfide) groups is 1. The molecule has 0 bridgehead atoms. The Morgan fingerprint density at radius 3 is 2.55 bits per heavy atom. The van der Waals surface area contributed by atoms with Gasteiger partial charge in [-0.3, -0.25) is 0 Å². The molecule has 2 atom stereocenters. The second-order valence-electron chi connectivity index (χ2n) is 4.76. The van der Waals surface area contributed by atoms with Gasteiger partial charge >= 0.3 is 0 Å². The molecule has 0 saturated heterocycles. The number of rotatable bonds is 2. The van der Waals surface area contributed by atoms with Gasteiger partial charge < -0.3 is 5.73 Å². The molecule has 2 aromatic carbocycles. The maximum absolute atomic E-state index is 13.8. The summed E-state index contributed by atoms with van der Waals surface area (Å²) in [4.78, 5) is 1.11. The van der Waals surface area contributed by atoms with Crippen LogP contribution < -0.4 is 5.73 Å². The van der Waals surface area contributed by atoms with Gasteiger partial charge in [0.05, 0.1) is 0 Å². The van der Waals surface area contributed by atoms with Crippen LogP contribution in [0.25, 0.3) is 0 Å². The lowest BCUT2D eigenvalue weighted by Gasteiger charge is -2.19. The van der Waals surface area contributed by atoms with Crippen molar-refractivity contribution in [1.82, 2.24) is 0 Å². The van der Waals surface area contributed by atoms with E-state index in [1.807, 2.05) is 24.3 Å². The molecule has 1 aliphatic rings. The highest BCUT2D eigenvalue weighted by atomic mass is 32.2. The highest BCUT2D eigenvalue weighted by molar-refractivity contribution is 8.00. The van der Waals surface area contributed by atoms with Crippen molar-refractivity contribution in [3.8, 4) is 0 Å². The highest BCUT2D eigenvalue weighted by Crippen LogP contribution is 2.42. The number of hydrogen-bond acceptors (Lipinski definition) is 2. The lowest BCUT2D eigenvalue weighted by atomic mass is 9.99. The molecule has 0 amide bonds. The van der Waals surface area contributed by atoms with E-state index in [4.69, 9.17) is 5.73 Å². The molecule has 5 heteroatoms. The summed E-state index contributed by atoms with van der Waals surface area (Å²) in [5.74, 6) is -3.84. The minimum Gasteiger partial charge on any atom is -0.323 e. The summed E-state index contributed by atoms with van der Waals surface area (Å²) >= 11 is 1.55. The van der Waals surface area contributed by atoms with Crippen molar-refractivity contribution in [2.24, 2.45) is 5.73 Å². The molecule has 20 heavy (non-hydrogen) atoms. The Morgan fingerprint density at radius 2 is 1.80 bits per heavy atom. The minimum absolute atomic E-state index is 0.0224. The Morgan fingerprint density at radius 1 is 1.05 bits per heavy atom. The normalized spacial score (nSPS) is 18.9. The molecule has 3 rings (SSSR count). The smallest absolute Gasteiger partial charge is 0.194 e. The molecule has 0 saturated carbocycles. The molecular weight excluding hydrogens is 283 g/mol. The fourth-order valence-corrected chi connectivity index (χ4v) is 3.75. The van der Waals surface area contributed by atoms with E-state index in [1.54, 1.807) is 11.8 Å². The molecular formula is C15H12F3NS. The Labute approximate surface area is 119 Å². The zero-order chi connectivity index (χ0) is 14.3. The van der Waals surface area contributed by atoms with Gasteiger partial charge in [-0.25, -0.2) is 13.2 Å². The number of fused-ring (bicyclic) bond motifs is 1. The van der Waals surface area contributed by atoms with Crippen molar-refractivity contribution in [3.63, 3.8) is 0 Å². The lowest BCUT2D eigenvalue weighted by molar-refractivity contribution is 0.434. The summed E-state index contributed by atoms with van der Waals surface area (Å²) in [5, 5.41) is -0.0771. The minimum atomic E-state index is -1.46. The van der Waals surface area contributed by atoms with Gasteiger partial charge in [-0.1, -0.05) is 24.3 Å². The largest absolute Gasteiger partial charge is 0.323 e. The average molecular weight is 295 g/mol. The highest BCUT2D eigenvalue weighted by Gasteiger charge is 2.30. The number of benzene rings is 2. The fraction of sp³-hybridized carbons (Fsp3) is 0.200. The van der Waals surface area contributed by atoms with Gasteiger partial charge in [0.25, 0.3) is 0 Å². The van der Waals surface area contributed by atoms with Crippen molar-refractivity contribution in [3.05, 3.63) is 65.0 Å². The molecule has 0 fully saturated rings. The molecule has 104 valence electrons. The molecule has 2 unspecified atom stereocenters. The van der Waals surface area contributed by atoms with Crippen LogP contribution >= 0.6 is 11.8 Å². The van der Waals surface area contributed by atoms with Crippen LogP contribution in [0.5, 0.6) is 0 Å². The van der Waals surface area contributed by atoms with Gasteiger partial charge in [0.15, 0.2) is 17.5 Å². The average Bonchev–Trinajstić information content (AvgIpc) is 2.88. The van der Waals surface area contributed by atoms with E-state index in [0.29, 0.717) is 6.42 Å². The maximum atomic E-state index is 13.8. The summed E-state index contributed by atoms with van der Waals surface area (Å²) in [6, 6.07) is 9.30. The quantitative estimate of drug-likeness (QED) is 0.852. The van der Waals surface area contributed by atoms with E-state index in [1.165, 1.54) is 6.07 Å². The van der Waals surface area contributed by atoms with Crippen LogP contribution in [-0.2, 0) is 6.42 Å². The molecule has 0 radical (unpaired) electrons. The van der Waals surface area contributed by atoms with Crippen LogP contribution in [0.15, 0.2) is 41.3 Å². The van der Waals surface area contributed by atoms with Gasteiger partial charge in [-0.15, -0.1) is 11.8 Å². The van der Waals surface area contributed by atoms with Gasteiger partial charge in [0, 0.05) is 21.8 Å². The van der Waals surface area contributed by atoms with Crippen molar-refractivity contribution in [2.45, 2.75) is 22.6 Å². The van der Waals surface area contributed by atoms with Gasteiger partial charge in [0.2, 0.25) is 0 Å². The van der Waals surface area contributed by atoms with E-state index < -0.39 is 23.5 Å². The first kappa shape index (κ1) is 13.5. The molecule has 0 aromatic heterocycles. The van der Waals surface area contributed by atoms with Gasteiger partial charge in [-0.05, 0) is 24.1 Å². The monoisotopic (exact) mass is 295 g/mol. The molecule has 1 nitrogen and oxygen atoms in total. The zero-order valence-corrected chi connectivity index (χ0v) is 11.3. The van der Waals surface area contributed by atoms with E-state index in [2.05, 4.69) is 0 Å². The second-order valence-corrected chi connectivity index (χ2v) is 6.04. The number of hydrogen-bond donors (Lipinski definition) is 1. The Balaban J connectivity index is 1.88. The van der Waals surface area contributed by atoms with Crippen LogP contribution in [0.4, 0.5) is 13.2 Å². The predicted octanol–water partition coefficient (Wildman–Crippen LogP) is 3.82. The molecule has 1 heterocycles. The van der Waals surface area contributed by atoms with Gasteiger partial charge in [-0.2, -0.15) is 0 Å².